The van der Waals surface area contributed by atoms with Crippen LogP contribution in [0.5, 0.6) is 5.75 Å². The molecule has 1 aliphatic heterocycles. The van der Waals surface area contributed by atoms with Crippen molar-refractivity contribution in [3.63, 3.8) is 0 Å². The van der Waals surface area contributed by atoms with E-state index in [2.05, 4.69) is 20.3 Å². The standard InChI is InChI=1S/C35H51N6O12PS/c1-21-19-41(31(45)38-28(21)42)27-18-24(39-40-36)26(50-27)20-49-54(47,48-15-16-55-30(44)33(2,3)4)53-23-13-11-22(12-14-23)17-25(29(43)51-34(5,6)7)37-32(46)52-35(8,9)10/h11-14,19,24-27H,15-18,20H2,1-10H3,(H,37,46)(H,38,42,45)/t24-,25-,26+,27+,54?/m0/s1. The van der Waals surface area contributed by atoms with Gasteiger partial charge in [-0.15, -0.1) is 0 Å². The number of hydrogen-bond acceptors (Lipinski definition) is 14. The molecule has 0 spiro atoms. The molecule has 20 heteroatoms. The largest absolute Gasteiger partial charge is 0.530 e. The Morgan fingerprint density at radius 3 is 2.27 bits per heavy atom. The molecule has 2 aromatic rings. The van der Waals surface area contributed by atoms with Gasteiger partial charge in [-0.2, -0.15) is 0 Å². The van der Waals surface area contributed by atoms with Gasteiger partial charge in [0, 0.05) is 40.7 Å². The van der Waals surface area contributed by atoms with E-state index in [-0.39, 0.29) is 41.6 Å². The van der Waals surface area contributed by atoms with E-state index in [0.29, 0.717) is 5.56 Å². The van der Waals surface area contributed by atoms with E-state index in [4.69, 9.17) is 27.8 Å². The molecule has 2 heterocycles. The molecule has 2 N–H and O–H groups in total. The van der Waals surface area contributed by atoms with Crippen LogP contribution in [0.4, 0.5) is 4.79 Å². The van der Waals surface area contributed by atoms with E-state index < -0.39 is 78.8 Å². The topological polar surface area (TPSA) is 239 Å². The number of amides is 1. The minimum atomic E-state index is -4.48. The Morgan fingerprint density at radius 2 is 1.69 bits per heavy atom. The van der Waals surface area contributed by atoms with Crippen LogP contribution in [0.15, 0.2) is 45.2 Å². The Labute approximate surface area is 323 Å². The third-order valence-electron chi connectivity index (χ3n) is 7.40. The summed E-state index contributed by atoms with van der Waals surface area (Å²) in [7, 11) is -4.48. The van der Waals surface area contributed by atoms with Crippen LogP contribution < -0.4 is 21.1 Å². The number of nitrogens with zero attached hydrogens (tertiary/aromatic N) is 4. The number of carbonyl (C=O) groups excluding carboxylic acids is 3. The number of ether oxygens (including phenoxy) is 3. The second-order valence-corrected chi connectivity index (χ2v) is 18.4. The van der Waals surface area contributed by atoms with Crippen LogP contribution in [0.1, 0.15) is 86.1 Å². The minimum Gasteiger partial charge on any atom is -0.458 e. The lowest BCUT2D eigenvalue weighted by molar-refractivity contribution is -0.157. The van der Waals surface area contributed by atoms with Crippen LogP contribution in [0.2, 0.25) is 0 Å². The molecule has 1 unspecified atom stereocenters. The highest BCUT2D eigenvalue weighted by Crippen LogP contribution is 2.50. The van der Waals surface area contributed by atoms with Crippen molar-refractivity contribution < 1.29 is 46.7 Å². The number of esters is 1. The number of phosphoric acid groups is 1. The quantitative estimate of drug-likeness (QED) is 0.0516. The highest BCUT2D eigenvalue weighted by Gasteiger charge is 2.40. The molecule has 1 aromatic carbocycles. The summed E-state index contributed by atoms with van der Waals surface area (Å²) in [6.07, 6.45) is -1.39. The van der Waals surface area contributed by atoms with E-state index in [1.54, 1.807) is 74.4 Å². The molecule has 1 fully saturated rings. The van der Waals surface area contributed by atoms with Crippen LogP contribution in [-0.4, -0.2) is 75.1 Å². The Morgan fingerprint density at radius 1 is 1.05 bits per heavy atom. The van der Waals surface area contributed by atoms with Gasteiger partial charge in [0.2, 0.25) is 0 Å². The number of rotatable bonds is 15. The SMILES string of the molecule is Cc1cn([C@H]2C[C@H](N=[N+]=[N-])[C@@H](COP(=O)(OCCSC(=O)C(C)(C)C)Oc3ccc(C[C@H](NC(=O)OC(C)(C)C)C(=O)OC(C)(C)C)cc3)O2)c(=O)[nH]c1=O. The van der Waals surface area contributed by atoms with Crippen molar-refractivity contribution in [1.29, 1.82) is 0 Å². The van der Waals surface area contributed by atoms with Crippen LogP contribution >= 0.6 is 19.6 Å². The molecule has 0 radical (unpaired) electrons. The predicted octanol–water partition coefficient (Wildman–Crippen LogP) is 6.12. The minimum absolute atomic E-state index is 0.0109. The maximum atomic E-state index is 14.1. The van der Waals surface area contributed by atoms with Gasteiger partial charge in [0.05, 0.1) is 25.4 Å². The third kappa shape index (κ3) is 14.8. The first-order valence-corrected chi connectivity index (χ1v) is 19.9. The molecule has 1 amide bonds. The van der Waals surface area contributed by atoms with Crippen LogP contribution in [-0.2, 0) is 43.8 Å². The normalized spacial score (nSPS) is 19.1. The monoisotopic (exact) mass is 810 g/mol. The molecule has 1 aromatic heterocycles. The summed E-state index contributed by atoms with van der Waals surface area (Å²) in [5, 5.41) is 6.22. The van der Waals surface area contributed by atoms with Crippen molar-refractivity contribution in [3.8, 4) is 5.75 Å². The highest BCUT2D eigenvalue weighted by molar-refractivity contribution is 8.13. The molecule has 0 aliphatic carbocycles. The van der Waals surface area contributed by atoms with E-state index in [1.807, 2.05) is 0 Å². The summed E-state index contributed by atoms with van der Waals surface area (Å²) in [5.74, 6) is -0.504. The Hall–Kier alpha value is -4.12. The number of benzene rings is 1. The summed E-state index contributed by atoms with van der Waals surface area (Å²) in [6, 6.07) is 4.11. The van der Waals surface area contributed by atoms with Gasteiger partial charge < -0.3 is 24.1 Å². The summed E-state index contributed by atoms with van der Waals surface area (Å²) >= 11 is 0.992. The first kappa shape index (κ1) is 45.3. The molecule has 55 heavy (non-hydrogen) atoms. The molecule has 0 saturated carbocycles. The van der Waals surface area contributed by atoms with Gasteiger partial charge in [-0.25, -0.2) is 18.9 Å². The summed E-state index contributed by atoms with van der Waals surface area (Å²) < 4.78 is 49.2. The lowest BCUT2D eigenvalue weighted by atomic mass is 10.00. The number of thioether (sulfide) groups is 1. The first-order valence-electron chi connectivity index (χ1n) is 17.5. The number of aromatic amines is 1. The number of phosphoric ester groups is 1. The van der Waals surface area contributed by atoms with Gasteiger partial charge in [-0.3, -0.25) is 28.2 Å². The average Bonchev–Trinajstić information content (AvgIpc) is 3.44. The highest BCUT2D eigenvalue weighted by atomic mass is 32.2. The van der Waals surface area contributed by atoms with Gasteiger partial charge in [0.15, 0.2) is 5.12 Å². The Bertz CT molecular complexity index is 1890. The predicted molar refractivity (Wildman–Crippen MR) is 204 cm³/mol. The Balaban J connectivity index is 1.82. The molecular weight excluding hydrogens is 759 g/mol. The molecule has 304 valence electrons. The zero-order valence-electron chi connectivity index (χ0n) is 32.8. The fourth-order valence-electron chi connectivity index (χ4n) is 4.85. The van der Waals surface area contributed by atoms with Crippen molar-refractivity contribution >= 4 is 36.8 Å². The van der Waals surface area contributed by atoms with E-state index >= 15 is 0 Å². The van der Waals surface area contributed by atoms with Crippen LogP contribution in [0.25, 0.3) is 10.4 Å². The van der Waals surface area contributed by atoms with Crippen molar-refractivity contribution in [1.82, 2.24) is 14.9 Å². The Kier molecular flexibility index (Phi) is 15.4. The number of aryl methyl sites for hydroxylation is 1. The number of H-pyrrole nitrogens is 1. The second kappa shape index (κ2) is 18.7. The molecular formula is C35H51N6O12PS. The smallest absolute Gasteiger partial charge is 0.458 e. The van der Waals surface area contributed by atoms with Crippen molar-refractivity contribution in [3.05, 3.63) is 72.9 Å². The van der Waals surface area contributed by atoms with Gasteiger partial charge in [-0.05, 0) is 71.7 Å². The second-order valence-electron chi connectivity index (χ2n) is 15.7. The lowest BCUT2D eigenvalue weighted by Gasteiger charge is -2.26. The molecule has 0 bridgehead atoms. The number of azide groups is 1. The number of alkyl carbamates (subject to hydrolysis) is 1. The van der Waals surface area contributed by atoms with Crippen molar-refractivity contribution in [2.75, 3.05) is 19.0 Å². The molecule has 3 rings (SSSR count). The van der Waals surface area contributed by atoms with Gasteiger partial charge in [0.1, 0.15) is 29.2 Å². The number of aromatic nitrogens is 2. The van der Waals surface area contributed by atoms with Crippen molar-refractivity contribution in [2.24, 2.45) is 10.5 Å². The summed E-state index contributed by atoms with van der Waals surface area (Å²) in [6.45, 7) is 16.3. The number of nitrogens with one attached hydrogen (secondary N) is 2. The van der Waals surface area contributed by atoms with E-state index in [1.165, 1.54) is 25.3 Å². The maximum Gasteiger partial charge on any atom is 0.530 e. The first-order chi connectivity index (χ1) is 25.4. The zero-order chi connectivity index (χ0) is 41.4. The molecule has 18 nitrogen and oxygen atoms in total. The third-order valence-corrected chi connectivity index (χ3v) is 10.0. The van der Waals surface area contributed by atoms with E-state index in [0.717, 1.165) is 16.3 Å². The van der Waals surface area contributed by atoms with Gasteiger partial charge >= 0.3 is 25.6 Å². The van der Waals surface area contributed by atoms with Crippen LogP contribution in [0.3, 0.4) is 0 Å². The zero-order valence-corrected chi connectivity index (χ0v) is 34.5. The van der Waals surface area contributed by atoms with Crippen molar-refractivity contribution in [2.45, 2.75) is 118 Å². The number of carbonyl (C=O) groups is 3. The summed E-state index contributed by atoms with van der Waals surface area (Å²) in [5.41, 5.74) is 6.49. The van der Waals surface area contributed by atoms with Gasteiger partial charge in [-0.1, -0.05) is 49.8 Å². The fraction of sp³-hybridized carbons (Fsp3) is 0.629. The van der Waals surface area contributed by atoms with Gasteiger partial charge in [0.25, 0.3) is 5.56 Å². The number of hydrogen-bond donors (Lipinski definition) is 2. The average molecular weight is 811 g/mol. The van der Waals surface area contributed by atoms with Crippen LogP contribution in [0, 0.1) is 12.3 Å². The lowest BCUT2D eigenvalue weighted by Crippen LogP contribution is -2.47. The molecule has 5 atom stereocenters. The maximum absolute atomic E-state index is 14.1. The van der Waals surface area contributed by atoms with E-state index in [9.17, 15) is 34.1 Å². The molecule has 1 aliphatic rings. The fourth-order valence-corrected chi connectivity index (χ4v) is 6.96. The molecule has 1 saturated heterocycles. The summed E-state index contributed by atoms with van der Waals surface area (Å²) in [4.78, 5) is 67.6.